The van der Waals surface area contributed by atoms with Crippen LogP contribution in [0, 0.1) is 34.0 Å². The molecule has 0 aliphatic carbocycles. The van der Waals surface area contributed by atoms with E-state index in [1.54, 1.807) is 0 Å². The largest absolute Gasteiger partial charge is 0.309 e. The molecule has 0 radical (unpaired) electrons. The van der Waals surface area contributed by atoms with E-state index in [0.717, 1.165) is 77.2 Å². The normalized spacial score (nSPS) is 11.1. The monoisotopic (exact) mass is 635 g/mol. The van der Waals surface area contributed by atoms with Gasteiger partial charge < -0.3 is 9.13 Å². The molecule has 9 rings (SSSR count). The molecule has 2 heterocycles. The van der Waals surface area contributed by atoms with Crippen molar-refractivity contribution < 1.29 is 0 Å². The lowest BCUT2D eigenvalue weighted by atomic mass is 9.94. The van der Waals surface area contributed by atoms with Crippen LogP contribution in [0.4, 0.5) is 0 Å². The first-order valence-corrected chi connectivity index (χ1v) is 16.3. The van der Waals surface area contributed by atoms with Gasteiger partial charge in [-0.15, -0.1) is 0 Å². The molecule has 7 aromatic carbocycles. The zero-order valence-electron chi connectivity index (χ0n) is 26.7. The molecule has 9 aromatic rings. The fourth-order valence-electron chi connectivity index (χ4n) is 7.48. The summed E-state index contributed by atoms with van der Waals surface area (Å²) in [5, 5.41) is 34.4. The van der Waals surface area contributed by atoms with Gasteiger partial charge in [0.1, 0.15) is 6.07 Å². The number of hydrogen-bond acceptors (Lipinski definition) is 3. The minimum atomic E-state index is 0.552. The van der Waals surface area contributed by atoms with Gasteiger partial charge in [-0.1, -0.05) is 84.9 Å². The highest BCUT2D eigenvalue weighted by Crippen LogP contribution is 2.40. The standard InChI is InChI=1S/C45H25N5/c46-26-29-21-22-42-39(23-29)37-16-2-3-18-40(37)49(42)35-14-6-10-31(25-35)30-9-5-11-32(24-30)44-33(27-47)12-8-20-43(44)50-41-19-4-1-15-36(41)38-17-7-13-34(28-48)45(38)50/h1-25H. The van der Waals surface area contributed by atoms with Crippen molar-refractivity contribution in [2.24, 2.45) is 0 Å². The van der Waals surface area contributed by atoms with Gasteiger partial charge in [0.2, 0.25) is 0 Å². The maximum absolute atomic E-state index is 10.4. The number of fused-ring (bicyclic) bond motifs is 6. The molecular weight excluding hydrogens is 611 g/mol. The Hall–Kier alpha value is -7.39. The number of para-hydroxylation sites is 3. The van der Waals surface area contributed by atoms with E-state index in [2.05, 4.69) is 94.1 Å². The quantitative estimate of drug-likeness (QED) is 0.193. The van der Waals surface area contributed by atoms with Gasteiger partial charge in [-0.05, 0) is 83.4 Å². The van der Waals surface area contributed by atoms with E-state index in [1.165, 1.54) is 0 Å². The molecule has 0 amide bonds. The van der Waals surface area contributed by atoms with Crippen LogP contribution in [0.5, 0.6) is 0 Å². The summed E-state index contributed by atoms with van der Waals surface area (Å²) in [6.07, 6.45) is 0. The van der Waals surface area contributed by atoms with Gasteiger partial charge in [0.25, 0.3) is 0 Å². The molecule has 5 heteroatoms. The van der Waals surface area contributed by atoms with Gasteiger partial charge in [0.15, 0.2) is 0 Å². The van der Waals surface area contributed by atoms with Crippen LogP contribution >= 0.6 is 0 Å². The Bertz CT molecular complexity index is 2970. The first-order valence-electron chi connectivity index (χ1n) is 16.3. The molecule has 0 bridgehead atoms. The van der Waals surface area contributed by atoms with Crippen molar-refractivity contribution in [2.45, 2.75) is 0 Å². The summed E-state index contributed by atoms with van der Waals surface area (Å²) < 4.78 is 4.38. The average Bonchev–Trinajstić information content (AvgIpc) is 3.70. The number of hydrogen-bond donors (Lipinski definition) is 0. The fourth-order valence-corrected chi connectivity index (χ4v) is 7.48. The predicted octanol–water partition coefficient (Wildman–Crippen LogP) is 10.8. The Labute approximate surface area is 287 Å². The van der Waals surface area contributed by atoms with Crippen LogP contribution in [0.1, 0.15) is 16.7 Å². The fraction of sp³-hybridized carbons (Fsp3) is 0. The van der Waals surface area contributed by atoms with Crippen LogP contribution in [0.25, 0.3) is 77.2 Å². The van der Waals surface area contributed by atoms with E-state index in [-0.39, 0.29) is 0 Å². The lowest BCUT2D eigenvalue weighted by Crippen LogP contribution is -2.00. The smallest absolute Gasteiger partial charge is 0.101 e. The van der Waals surface area contributed by atoms with Gasteiger partial charge in [0, 0.05) is 32.8 Å². The molecule has 0 spiro atoms. The predicted molar refractivity (Wildman–Crippen MR) is 200 cm³/mol. The summed E-state index contributed by atoms with van der Waals surface area (Å²) in [7, 11) is 0. The number of rotatable bonds is 4. The van der Waals surface area contributed by atoms with Gasteiger partial charge in [-0.2, -0.15) is 15.8 Å². The highest BCUT2D eigenvalue weighted by molar-refractivity contribution is 6.12. The van der Waals surface area contributed by atoms with Crippen LogP contribution in [0.3, 0.4) is 0 Å². The lowest BCUT2D eigenvalue weighted by molar-refractivity contribution is 1.17. The lowest BCUT2D eigenvalue weighted by Gasteiger charge is -2.17. The van der Waals surface area contributed by atoms with Crippen molar-refractivity contribution in [3.8, 4) is 51.8 Å². The molecule has 0 aliphatic rings. The van der Waals surface area contributed by atoms with Gasteiger partial charge in [0.05, 0.1) is 56.6 Å². The van der Waals surface area contributed by atoms with Gasteiger partial charge in [-0.25, -0.2) is 0 Å². The topological polar surface area (TPSA) is 81.2 Å². The number of aromatic nitrogens is 2. The second-order valence-corrected chi connectivity index (χ2v) is 12.3. The van der Waals surface area contributed by atoms with Crippen molar-refractivity contribution in [1.29, 1.82) is 15.8 Å². The molecule has 0 atom stereocenters. The third-order valence-corrected chi connectivity index (χ3v) is 9.61. The third kappa shape index (κ3) is 4.31. The first-order chi connectivity index (χ1) is 24.7. The molecule has 5 nitrogen and oxygen atoms in total. The highest BCUT2D eigenvalue weighted by Gasteiger charge is 2.20. The molecule has 2 aromatic heterocycles. The van der Waals surface area contributed by atoms with E-state index in [9.17, 15) is 15.8 Å². The van der Waals surface area contributed by atoms with Crippen molar-refractivity contribution in [2.75, 3.05) is 0 Å². The SMILES string of the molecule is N#Cc1ccc2c(c1)c1ccccc1n2-c1cccc(-c2cccc(-c3c(C#N)cccc3-n3c4ccccc4c4cccc(C#N)c43)c2)c1. The average molecular weight is 636 g/mol. The Balaban J connectivity index is 1.24. The van der Waals surface area contributed by atoms with Crippen LogP contribution in [0.15, 0.2) is 152 Å². The second kappa shape index (κ2) is 11.4. The van der Waals surface area contributed by atoms with E-state index >= 15 is 0 Å². The molecule has 50 heavy (non-hydrogen) atoms. The zero-order valence-corrected chi connectivity index (χ0v) is 26.7. The van der Waals surface area contributed by atoms with Crippen LogP contribution in [-0.4, -0.2) is 9.13 Å². The molecule has 230 valence electrons. The highest BCUT2D eigenvalue weighted by atomic mass is 15.0. The summed E-state index contributed by atoms with van der Waals surface area (Å²) in [6.45, 7) is 0. The minimum Gasteiger partial charge on any atom is -0.309 e. The van der Waals surface area contributed by atoms with Crippen molar-refractivity contribution >= 4 is 43.6 Å². The van der Waals surface area contributed by atoms with Gasteiger partial charge >= 0.3 is 0 Å². The molecule has 0 N–H and O–H groups in total. The maximum Gasteiger partial charge on any atom is 0.101 e. The summed E-state index contributed by atoms with van der Waals surface area (Å²) in [6, 6.07) is 57.8. The van der Waals surface area contributed by atoms with E-state index in [0.29, 0.717) is 16.7 Å². The van der Waals surface area contributed by atoms with Crippen molar-refractivity contribution in [3.05, 3.63) is 168 Å². The molecule has 0 unspecified atom stereocenters. The number of nitriles is 3. The second-order valence-electron chi connectivity index (χ2n) is 12.3. The molecular formula is C45H25N5. The number of benzene rings is 7. The Morgan fingerprint density at radius 2 is 1.00 bits per heavy atom. The summed E-state index contributed by atoms with van der Waals surface area (Å²) in [4.78, 5) is 0. The number of nitrogens with zero attached hydrogens (tertiary/aromatic N) is 5. The van der Waals surface area contributed by atoms with Crippen molar-refractivity contribution in [1.82, 2.24) is 9.13 Å². The van der Waals surface area contributed by atoms with Crippen molar-refractivity contribution in [3.63, 3.8) is 0 Å². The van der Waals surface area contributed by atoms with Crippen LogP contribution in [-0.2, 0) is 0 Å². The Morgan fingerprint density at radius 3 is 1.78 bits per heavy atom. The van der Waals surface area contributed by atoms with Crippen LogP contribution < -0.4 is 0 Å². The Morgan fingerprint density at radius 1 is 0.400 bits per heavy atom. The summed E-state index contributed by atoms with van der Waals surface area (Å²) >= 11 is 0. The summed E-state index contributed by atoms with van der Waals surface area (Å²) in [5.41, 5.74) is 11.3. The van der Waals surface area contributed by atoms with Gasteiger partial charge in [-0.3, -0.25) is 0 Å². The van der Waals surface area contributed by atoms with E-state index in [4.69, 9.17) is 0 Å². The Kier molecular flexibility index (Phi) is 6.56. The molecule has 0 saturated carbocycles. The zero-order chi connectivity index (χ0) is 33.8. The molecule has 0 saturated heterocycles. The first kappa shape index (κ1) is 28.8. The van der Waals surface area contributed by atoms with E-state index in [1.807, 2.05) is 84.9 Å². The maximum atomic E-state index is 10.4. The minimum absolute atomic E-state index is 0.552. The molecule has 0 fully saturated rings. The summed E-state index contributed by atoms with van der Waals surface area (Å²) in [5.74, 6) is 0. The van der Waals surface area contributed by atoms with E-state index < -0.39 is 0 Å². The van der Waals surface area contributed by atoms with Crippen LogP contribution in [0.2, 0.25) is 0 Å². The molecule has 0 aliphatic heterocycles. The third-order valence-electron chi connectivity index (χ3n) is 9.61.